The van der Waals surface area contributed by atoms with Gasteiger partial charge in [-0.25, -0.2) is 0 Å². The molecule has 1 aliphatic carbocycles. The molecular weight excluding hydrogens is 328 g/mol. The molecule has 0 amide bonds. The molecule has 108 valence electrons. The van der Waals surface area contributed by atoms with Crippen molar-refractivity contribution in [2.24, 2.45) is 0 Å². The molecule has 0 atom stereocenters. The lowest BCUT2D eigenvalue weighted by atomic mass is 9.64. The number of aldehydes is 1. The first-order chi connectivity index (χ1) is 9.51. The Labute approximate surface area is 125 Å². The lowest BCUT2D eigenvalue weighted by Crippen LogP contribution is -2.42. The van der Waals surface area contributed by atoms with Gasteiger partial charge in [-0.1, -0.05) is 6.42 Å². The van der Waals surface area contributed by atoms with E-state index in [0.717, 1.165) is 6.42 Å². The average molecular weight is 343 g/mol. The van der Waals surface area contributed by atoms with Crippen molar-refractivity contribution in [3.8, 4) is 11.5 Å². The zero-order valence-corrected chi connectivity index (χ0v) is 12.8. The quantitative estimate of drug-likeness (QED) is 0.833. The van der Waals surface area contributed by atoms with E-state index in [1.165, 1.54) is 14.2 Å². The van der Waals surface area contributed by atoms with Gasteiger partial charge in [0.1, 0.15) is 0 Å². The van der Waals surface area contributed by atoms with Gasteiger partial charge < -0.3 is 14.6 Å². The number of carboxylic acids is 1. The summed E-state index contributed by atoms with van der Waals surface area (Å²) in [6.45, 7) is 0. The zero-order chi connectivity index (χ0) is 14.9. The van der Waals surface area contributed by atoms with Crippen molar-refractivity contribution < 1.29 is 24.2 Å². The highest BCUT2D eigenvalue weighted by Crippen LogP contribution is 2.51. The maximum atomic E-state index is 11.7. The molecule has 2 rings (SSSR count). The van der Waals surface area contributed by atoms with Crippen LogP contribution >= 0.6 is 15.9 Å². The first-order valence-corrected chi connectivity index (χ1v) is 6.94. The molecule has 0 aromatic heterocycles. The van der Waals surface area contributed by atoms with Crippen LogP contribution in [0.1, 0.15) is 35.2 Å². The monoisotopic (exact) mass is 342 g/mol. The third-order valence-electron chi connectivity index (χ3n) is 3.88. The Balaban J connectivity index is 2.74. The van der Waals surface area contributed by atoms with Crippen LogP contribution in [0.2, 0.25) is 0 Å². The van der Waals surface area contributed by atoms with Gasteiger partial charge in [0.2, 0.25) is 0 Å². The molecule has 5 nitrogen and oxygen atoms in total. The molecule has 0 aliphatic heterocycles. The molecule has 0 unspecified atom stereocenters. The van der Waals surface area contributed by atoms with E-state index in [1.54, 1.807) is 6.07 Å². The van der Waals surface area contributed by atoms with Crippen molar-refractivity contribution in [2.75, 3.05) is 14.2 Å². The van der Waals surface area contributed by atoms with Crippen molar-refractivity contribution in [1.29, 1.82) is 0 Å². The average Bonchev–Trinajstić information content (AvgIpc) is 2.36. The standard InChI is InChI=1S/C14H15BrO5/c1-19-11-8(7-16)10(15)6-9(12(11)20-2)14(13(17)18)4-3-5-14/h6-7H,3-5H2,1-2H3,(H,17,18). The molecule has 1 N–H and O–H groups in total. The number of methoxy groups -OCH3 is 2. The molecule has 1 fully saturated rings. The van der Waals surface area contributed by atoms with Crippen LogP contribution in [0, 0.1) is 0 Å². The number of rotatable bonds is 5. The summed E-state index contributed by atoms with van der Waals surface area (Å²) < 4.78 is 11.1. The third kappa shape index (κ3) is 1.98. The SMILES string of the molecule is COc1c(C2(C(=O)O)CCC2)cc(Br)c(C=O)c1OC. The normalized spacial score (nSPS) is 16.1. The van der Waals surface area contributed by atoms with Gasteiger partial charge in [0.05, 0.1) is 25.2 Å². The van der Waals surface area contributed by atoms with Gasteiger partial charge in [0.15, 0.2) is 17.8 Å². The molecule has 0 saturated heterocycles. The van der Waals surface area contributed by atoms with Crippen LogP contribution in [0.25, 0.3) is 0 Å². The van der Waals surface area contributed by atoms with Gasteiger partial charge >= 0.3 is 5.97 Å². The highest BCUT2D eigenvalue weighted by Gasteiger charge is 2.48. The summed E-state index contributed by atoms with van der Waals surface area (Å²) in [7, 11) is 2.87. The van der Waals surface area contributed by atoms with Crippen molar-refractivity contribution in [2.45, 2.75) is 24.7 Å². The van der Waals surface area contributed by atoms with E-state index in [9.17, 15) is 14.7 Å². The fourth-order valence-electron chi connectivity index (χ4n) is 2.62. The lowest BCUT2D eigenvalue weighted by Gasteiger charge is -2.39. The Morgan fingerprint density at radius 2 is 1.95 bits per heavy atom. The smallest absolute Gasteiger partial charge is 0.314 e. The number of aliphatic carboxylic acids is 1. The molecule has 0 heterocycles. The Hall–Kier alpha value is -1.56. The van der Waals surface area contributed by atoms with E-state index in [4.69, 9.17) is 9.47 Å². The van der Waals surface area contributed by atoms with Crippen LogP contribution in [-0.4, -0.2) is 31.6 Å². The maximum Gasteiger partial charge on any atom is 0.314 e. The predicted octanol–water partition coefficient (Wildman–Crippen LogP) is 2.79. The molecule has 20 heavy (non-hydrogen) atoms. The van der Waals surface area contributed by atoms with Crippen LogP contribution in [0.5, 0.6) is 11.5 Å². The molecule has 6 heteroatoms. The number of halogens is 1. The Kier molecular flexibility index (Phi) is 4.04. The molecular formula is C14H15BrO5. The number of carbonyl (C=O) groups excluding carboxylic acids is 1. The van der Waals surface area contributed by atoms with E-state index in [1.807, 2.05) is 0 Å². The largest absolute Gasteiger partial charge is 0.493 e. The van der Waals surface area contributed by atoms with Crippen LogP contribution < -0.4 is 9.47 Å². The molecule has 1 aromatic carbocycles. The maximum absolute atomic E-state index is 11.7. The van der Waals surface area contributed by atoms with Crippen LogP contribution in [0.3, 0.4) is 0 Å². The Morgan fingerprint density at radius 3 is 2.30 bits per heavy atom. The molecule has 1 aromatic rings. The minimum Gasteiger partial charge on any atom is -0.493 e. The van der Waals surface area contributed by atoms with Crippen molar-refractivity contribution in [3.63, 3.8) is 0 Å². The van der Waals surface area contributed by atoms with Gasteiger partial charge in [-0.15, -0.1) is 0 Å². The molecule has 0 spiro atoms. The zero-order valence-electron chi connectivity index (χ0n) is 11.2. The number of ether oxygens (including phenoxy) is 2. The minimum absolute atomic E-state index is 0.263. The number of carbonyl (C=O) groups is 2. The fourth-order valence-corrected chi connectivity index (χ4v) is 3.12. The summed E-state index contributed by atoms with van der Waals surface area (Å²) in [5.41, 5.74) is -0.0937. The minimum atomic E-state index is -0.956. The molecule has 1 saturated carbocycles. The molecule has 1 aliphatic rings. The van der Waals surface area contributed by atoms with Gasteiger partial charge in [-0.05, 0) is 34.8 Å². The first-order valence-electron chi connectivity index (χ1n) is 6.15. The highest BCUT2D eigenvalue weighted by atomic mass is 79.9. The second kappa shape index (κ2) is 5.44. The first kappa shape index (κ1) is 14.8. The second-order valence-electron chi connectivity index (χ2n) is 4.74. The van der Waals surface area contributed by atoms with Crippen LogP contribution in [0.4, 0.5) is 0 Å². The number of hydrogen-bond acceptors (Lipinski definition) is 4. The van der Waals surface area contributed by atoms with Crippen molar-refractivity contribution >= 4 is 28.2 Å². The van der Waals surface area contributed by atoms with Gasteiger partial charge in [-0.3, -0.25) is 9.59 Å². The van der Waals surface area contributed by atoms with E-state index in [2.05, 4.69) is 15.9 Å². The van der Waals surface area contributed by atoms with Gasteiger partial charge in [-0.2, -0.15) is 0 Å². The van der Waals surface area contributed by atoms with Crippen LogP contribution in [-0.2, 0) is 10.2 Å². The summed E-state index contributed by atoms with van der Waals surface area (Å²) in [4.78, 5) is 22.8. The summed E-state index contributed by atoms with van der Waals surface area (Å²) >= 11 is 3.30. The van der Waals surface area contributed by atoms with E-state index >= 15 is 0 Å². The lowest BCUT2D eigenvalue weighted by molar-refractivity contribution is -0.147. The summed E-state index contributed by atoms with van der Waals surface area (Å²) in [6.07, 6.45) is 2.61. The third-order valence-corrected chi connectivity index (χ3v) is 4.54. The summed E-state index contributed by atoms with van der Waals surface area (Å²) in [5, 5.41) is 9.56. The number of hydrogen-bond donors (Lipinski definition) is 1. The summed E-state index contributed by atoms with van der Waals surface area (Å²) in [5.74, 6) is -0.297. The summed E-state index contributed by atoms with van der Waals surface area (Å²) in [6, 6.07) is 1.65. The second-order valence-corrected chi connectivity index (χ2v) is 5.60. The van der Waals surface area contributed by atoms with E-state index < -0.39 is 11.4 Å². The number of carboxylic acid groups (broad SMARTS) is 1. The van der Waals surface area contributed by atoms with Crippen LogP contribution in [0.15, 0.2) is 10.5 Å². The van der Waals surface area contributed by atoms with Gasteiger partial charge in [0.25, 0.3) is 0 Å². The van der Waals surface area contributed by atoms with Gasteiger partial charge in [0, 0.05) is 10.0 Å². The van der Waals surface area contributed by atoms with Crippen molar-refractivity contribution in [1.82, 2.24) is 0 Å². The highest BCUT2D eigenvalue weighted by molar-refractivity contribution is 9.10. The van der Waals surface area contributed by atoms with Crippen molar-refractivity contribution in [3.05, 3.63) is 21.7 Å². The molecule has 0 bridgehead atoms. The Morgan fingerprint density at radius 1 is 1.35 bits per heavy atom. The number of benzene rings is 1. The Bertz CT molecular complexity index is 563. The predicted molar refractivity (Wildman–Crippen MR) is 75.8 cm³/mol. The molecule has 0 radical (unpaired) electrons. The fraction of sp³-hybridized carbons (Fsp3) is 0.429. The topological polar surface area (TPSA) is 72.8 Å². The van der Waals surface area contributed by atoms with E-state index in [0.29, 0.717) is 40.5 Å². The van der Waals surface area contributed by atoms with E-state index in [-0.39, 0.29) is 5.75 Å².